The van der Waals surface area contributed by atoms with Crippen LogP contribution in [0.5, 0.6) is 11.5 Å². The zero-order valence-electron chi connectivity index (χ0n) is 26.5. The lowest BCUT2D eigenvalue weighted by Crippen LogP contribution is -2.34. The van der Waals surface area contributed by atoms with Gasteiger partial charge >= 0.3 is 6.18 Å². The number of halogens is 3. The highest BCUT2D eigenvalue weighted by atomic mass is 19.4. The molecule has 1 aromatic heterocycles. The van der Waals surface area contributed by atoms with Crippen LogP contribution in [0.2, 0.25) is 0 Å². The van der Waals surface area contributed by atoms with Gasteiger partial charge < -0.3 is 4.74 Å². The van der Waals surface area contributed by atoms with Gasteiger partial charge in [-0.25, -0.2) is 4.57 Å². The molecule has 0 spiro atoms. The summed E-state index contributed by atoms with van der Waals surface area (Å²) in [6.45, 7) is 13.7. The summed E-state index contributed by atoms with van der Waals surface area (Å²) >= 11 is 0. The Bertz CT molecular complexity index is 1910. The standard InChI is InChI=1S/C38H41F3NO/c1-21(2)15-24-10-12-27-29(17-24)23(5)33-35-34-28(13-14-42(35)8)30-18-25(20-37(6,7)38(39,40)41)9-11-26(30)19-32(34)43-36(33)31(27)16-22(3)4/h9-14,17-19,21-22H,15-16,20H2,1-8H3/q+1. The van der Waals surface area contributed by atoms with Gasteiger partial charge in [-0.2, -0.15) is 13.2 Å². The number of fused-ring (bicyclic) bond motifs is 5. The summed E-state index contributed by atoms with van der Waals surface area (Å²) < 4.78 is 50.4. The zero-order chi connectivity index (χ0) is 31.0. The lowest BCUT2D eigenvalue weighted by atomic mass is 9.83. The van der Waals surface area contributed by atoms with Crippen LogP contribution in [-0.4, -0.2) is 6.18 Å². The Labute approximate surface area is 252 Å². The van der Waals surface area contributed by atoms with Crippen LogP contribution < -0.4 is 9.30 Å². The summed E-state index contributed by atoms with van der Waals surface area (Å²) in [5, 5.41) is 6.41. The third-order valence-corrected chi connectivity index (χ3v) is 9.07. The highest BCUT2D eigenvalue weighted by Gasteiger charge is 2.47. The smallest absolute Gasteiger partial charge is 0.394 e. The summed E-state index contributed by atoms with van der Waals surface area (Å²) in [7, 11) is 2.07. The predicted molar refractivity (Wildman–Crippen MR) is 171 cm³/mol. The average molecular weight is 585 g/mol. The highest BCUT2D eigenvalue weighted by molar-refractivity contribution is 6.16. The molecule has 6 rings (SSSR count). The van der Waals surface area contributed by atoms with Gasteiger partial charge in [-0.3, -0.25) is 0 Å². The summed E-state index contributed by atoms with van der Waals surface area (Å²) in [4.78, 5) is 0. The van der Waals surface area contributed by atoms with Crippen molar-refractivity contribution in [3.63, 3.8) is 0 Å². The number of hydrogen-bond donors (Lipinski definition) is 0. The molecule has 0 radical (unpaired) electrons. The van der Waals surface area contributed by atoms with Gasteiger partial charge in [-0.1, -0.05) is 77.9 Å². The van der Waals surface area contributed by atoms with Gasteiger partial charge in [0, 0.05) is 17.0 Å². The minimum Gasteiger partial charge on any atom is -0.455 e. The first-order valence-electron chi connectivity index (χ1n) is 15.4. The molecule has 4 aromatic carbocycles. The number of ether oxygens (including phenoxy) is 1. The monoisotopic (exact) mass is 584 g/mol. The van der Waals surface area contributed by atoms with Gasteiger partial charge in [-0.15, -0.1) is 0 Å². The Morgan fingerprint density at radius 1 is 0.791 bits per heavy atom. The van der Waals surface area contributed by atoms with Crippen molar-refractivity contribution in [2.24, 2.45) is 24.3 Å². The maximum Gasteiger partial charge on any atom is 0.394 e. The van der Waals surface area contributed by atoms with Crippen LogP contribution in [-0.2, 0) is 26.3 Å². The highest BCUT2D eigenvalue weighted by Crippen LogP contribution is 2.52. The molecular weight excluding hydrogens is 543 g/mol. The fourth-order valence-corrected chi connectivity index (χ4v) is 6.86. The minimum absolute atomic E-state index is 0.0785. The van der Waals surface area contributed by atoms with Crippen LogP contribution in [0, 0.1) is 24.2 Å². The van der Waals surface area contributed by atoms with Gasteiger partial charge in [-0.05, 0) is 82.3 Å². The van der Waals surface area contributed by atoms with Gasteiger partial charge in [0.1, 0.15) is 18.5 Å². The Morgan fingerprint density at radius 3 is 2.14 bits per heavy atom. The van der Waals surface area contributed by atoms with E-state index in [0.717, 1.165) is 57.1 Å². The number of nitrogens with zero attached hydrogens (tertiary/aromatic N) is 1. The van der Waals surface area contributed by atoms with E-state index in [1.54, 1.807) is 0 Å². The quantitative estimate of drug-likeness (QED) is 0.140. The van der Waals surface area contributed by atoms with E-state index in [-0.39, 0.29) is 6.42 Å². The average Bonchev–Trinajstić information content (AvgIpc) is 2.91. The van der Waals surface area contributed by atoms with E-state index in [1.165, 1.54) is 41.3 Å². The fraction of sp³-hybridized carbons (Fsp3) is 0.395. The molecule has 1 aliphatic heterocycles. The molecule has 224 valence electrons. The molecule has 2 heterocycles. The molecule has 0 bridgehead atoms. The molecule has 0 saturated carbocycles. The Kier molecular flexibility index (Phi) is 7.02. The fourth-order valence-electron chi connectivity index (χ4n) is 6.86. The van der Waals surface area contributed by atoms with Gasteiger partial charge in [0.25, 0.3) is 0 Å². The number of pyridine rings is 1. The van der Waals surface area contributed by atoms with Crippen molar-refractivity contribution < 1.29 is 22.5 Å². The van der Waals surface area contributed by atoms with Gasteiger partial charge in [0.15, 0.2) is 6.20 Å². The molecule has 5 aromatic rings. The van der Waals surface area contributed by atoms with Crippen molar-refractivity contribution in [2.45, 2.75) is 73.9 Å². The maximum atomic E-state index is 13.8. The second-order valence-corrected chi connectivity index (χ2v) is 14.0. The van der Waals surface area contributed by atoms with E-state index in [0.29, 0.717) is 17.4 Å². The second kappa shape index (κ2) is 10.2. The molecule has 0 unspecified atom stereocenters. The number of hydrogen-bond acceptors (Lipinski definition) is 1. The molecule has 43 heavy (non-hydrogen) atoms. The van der Waals surface area contributed by atoms with Crippen LogP contribution in [0.4, 0.5) is 13.2 Å². The van der Waals surface area contributed by atoms with E-state index in [4.69, 9.17) is 4.74 Å². The summed E-state index contributed by atoms with van der Waals surface area (Å²) in [6.07, 6.45) is -0.373. The molecule has 5 heteroatoms. The Hall–Kier alpha value is -3.60. The molecule has 0 aliphatic carbocycles. The minimum atomic E-state index is -4.28. The van der Waals surface area contributed by atoms with E-state index in [2.05, 4.69) is 82.8 Å². The number of benzene rings is 4. The van der Waals surface area contributed by atoms with E-state index in [9.17, 15) is 13.2 Å². The zero-order valence-corrected chi connectivity index (χ0v) is 26.5. The number of alkyl halides is 3. The molecule has 2 nitrogen and oxygen atoms in total. The normalized spacial score (nSPS) is 13.4. The lowest BCUT2D eigenvalue weighted by molar-refractivity contribution is -0.659. The molecule has 1 aliphatic rings. The number of aromatic nitrogens is 1. The van der Waals surface area contributed by atoms with Crippen LogP contribution in [0.3, 0.4) is 0 Å². The molecule has 0 atom stereocenters. The third kappa shape index (κ3) is 4.95. The lowest BCUT2D eigenvalue weighted by Gasteiger charge is -2.28. The SMILES string of the molecule is Cc1c2c(c(CC(C)C)c3ccc(CC(C)C)cc13)Oc1cc3ccc(CC(C)(C)C(F)(F)F)cc3c3cc[n+](C)c-2c13. The summed E-state index contributed by atoms with van der Waals surface area (Å²) in [6, 6.07) is 16.7. The second-order valence-electron chi connectivity index (χ2n) is 14.0. The number of aryl methyl sites for hydroxylation is 2. The van der Waals surface area contributed by atoms with Crippen LogP contribution in [0.25, 0.3) is 43.6 Å². The first-order valence-corrected chi connectivity index (χ1v) is 15.4. The topological polar surface area (TPSA) is 13.1 Å². The molecule has 0 saturated heterocycles. The van der Waals surface area contributed by atoms with Crippen LogP contribution in [0.15, 0.2) is 54.7 Å². The van der Waals surface area contributed by atoms with E-state index in [1.807, 2.05) is 18.2 Å². The van der Waals surface area contributed by atoms with Crippen molar-refractivity contribution in [2.75, 3.05) is 0 Å². The number of rotatable bonds is 6. The largest absolute Gasteiger partial charge is 0.455 e. The molecule has 0 fully saturated rings. The van der Waals surface area contributed by atoms with Crippen LogP contribution >= 0.6 is 0 Å². The van der Waals surface area contributed by atoms with Crippen molar-refractivity contribution in [1.29, 1.82) is 0 Å². The van der Waals surface area contributed by atoms with Crippen molar-refractivity contribution in [1.82, 2.24) is 0 Å². The molecule has 0 N–H and O–H groups in total. The van der Waals surface area contributed by atoms with Crippen molar-refractivity contribution in [3.05, 3.63) is 77.0 Å². The maximum absolute atomic E-state index is 13.8. The summed E-state index contributed by atoms with van der Waals surface area (Å²) in [5.74, 6) is 2.72. The first kappa shape index (κ1) is 29.5. The molecular formula is C38H41F3NO+. The summed E-state index contributed by atoms with van der Waals surface area (Å²) in [5.41, 5.74) is 4.82. The van der Waals surface area contributed by atoms with Gasteiger partial charge in [0.2, 0.25) is 5.69 Å². The van der Waals surface area contributed by atoms with E-state index >= 15 is 0 Å². The predicted octanol–water partition coefficient (Wildman–Crippen LogP) is 10.6. The molecule has 0 amide bonds. The van der Waals surface area contributed by atoms with Crippen molar-refractivity contribution >= 4 is 32.3 Å². The third-order valence-electron chi connectivity index (χ3n) is 9.07. The Balaban J connectivity index is 1.65. The van der Waals surface area contributed by atoms with Crippen molar-refractivity contribution in [3.8, 4) is 22.8 Å². The van der Waals surface area contributed by atoms with E-state index < -0.39 is 11.6 Å². The first-order chi connectivity index (χ1) is 20.2. The van der Waals surface area contributed by atoms with Gasteiger partial charge in [0.05, 0.1) is 16.4 Å². The Morgan fingerprint density at radius 2 is 1.47 bits per heavy atom. The van der Waals surface area contributed by atoms with Crippen LogP contribution in [0.1, 0.15) is 63.8 Å².